The molecule has 39 heavy (non-hydrogen) atoms. The Hall–Kier alpha value is -4.04. The van der Waals surface area contributed by atoms with E-state index in [0.717, 1.165) is 16.7 Å². The van der Waals surface area contributed by atoms with Crippen molar-refractivity contribution in [3.63, 3.8) is 0 Å². The van der Waals surface area contributed by atoms with E-state index in [1.807, 2.05) is 72.8 Å². The maximum atomic E-state index is 13.3. The van der Waals surface area contributed by atoms with E-state index in [9.17, 15) is 14.4 Å². The smallest absolute Gasteiger partial charge is 0.407 e. The van der Waals surface area contributed by atoms with E-state index in [0.29, 0.717) is 12.2 Å². The number of hydrogen-bond donors (Lipinski definition) is 1. The first kappa shape index (κ1) is 29.5. The molecule has 1 N–H and O–H groups in total. The van der Waals surface area contributed by atoms with Crippen LogP contribution in [0.1, 0.15) is 29.5 Å². The summed E-state index contributed by atoms with van der Waals surface area (Å²) >= 11 is 5.93. The molecule has 0 fully saturated rings. The molecule has 0 radical (unpaired) electrons. The van der Waals surface area contributed by atoms with Crippen molar-refractivity contribution in [2.24, 2.45) is 0 Å². The van der Waals surface area contributed by atoms with Gasteiger partial charge in [-0.3, -0.25) is 4.79 Å². The summed E-state index contributed by atoms with van der Waals surface area (Å²) in [5.74, 6) is -0.553. The monoisotopic (exact) mass is 552 g/mol. The number of rotatable bonds is 14. The number of nitrogens with one attached hydrogen (secondary N) is 1. The van der Waals surface area contributed by atoms with Gasteiger partial charge in [-0.05, 0) is 41.7 Å². The lowest BCUT2D eigenvalue weighted by molar-refractivity contribution is -0.156. The average molecular weight is 553 g/mol. The van der Waals surface area contributed by atoms with E-state index < -0.39 is 24.0 Å². The lowest BCUT2D eigenvalue weighted by Crippen LogP contribution is -2.46. The molecule has 2 amide bonds. The molecule has 0 aliphatic rings. The van der Waals surface area contributed by atoms with Gasteiger partial charge in [0.15, 0.2) is 0 Å². The lowest BCUT2D eigenvalue weighted by Gasteiger charge is -2.30. The Morgan fingerprint density at radius 2 is 1.41 bits per heavy atom. The molecule has 0 aliphatic carbocycles. The number of alkyl halides is 1. The highest BCUT2D eigenvalue weighted by atomic mass is 35.5. The minimum Gasteiger partial charge on any atom is -0.497 e. The van der Waals surface area contributed by atoms with Crippen molar-refractivity contribution in [3.05, 3.63) is 102 Å². The number of alkyl carbamates (subject to hydrolysis) is 1. The molecule has 0 saturated carbocycles. The largest absolute Gasteiger partial charge is 0.497 e. The third-order valence-corrected chi connectivity index (χ3v) is 6.18. The van der Waals surface area contributed by atoms with E-state index in [-0.39, 0.29) is 38.6 Å². The fourth-order valence-electron chi connectivity index (χ4n) is 3.86. The number of nitrogens with zero attached hydrogens (tertiary/aromatic N) is 1. The number of amides is 2. The molecule has 0 saturated heterocycles. The van der Waals surface area contributed by atoms with Gasteiger partial charge >= 0.3 is 12.1 Å². The van der Waals surface area contributed by atoms with Crippen molar-refractivity contribution in [2.75, 3.05) is 19.5 Å². The molecule has 9 heteroatoms. The number of methoxy groups -OCH3 is 1. The highest BCUT2D eigenvalue weighted by molar-refractivity contribution is 6.27. The SMILES string of the molecule is COc1ccc(CN(C(=O)CCl)[C@@H](CCCNC(=O)OCc2ccccc2)C(=O)OCc2ccccc2)cc1. The van der Waals surface area contributed by atoms with Crippen molar-refractivity contribution >= 4 is 29.6 Å². The zero-order valence-corrected chi connectivity index (χ0v) is 22.6. The van der Waals surface area contributed by atoms with Crippen LogP contribution in [0.15, 0.2) is 84.9 Å². The summed E-state index contributed by atoms with van der Waals surface area (Å²) in [5.41, 5.74) is 2.51. The Labute approximate surface area is 233 Å². The Kier molecular flexibility index (Phi) is 12.1. The molecule has 206 valence electrons. The van der Waals surface area contributed by atoms with Crippen molar-refractivity contribution in [1.29, 1.82) is 0 Å². The molecule has 3 rings (SSSR count). The number of carbonyl (C=O) groups is 3. The van der Waals surface area contributed by atoms with Gasteiger partial charge < -0.3 is 24.4 Å². The number of benzene rings is 3. The highest BCUT2D eigenvalue weighted by Gasteiger charge is 2.30. The third-order valence-electron chi connectivity index (χ3n) is 5.96. The molecule has 0 bridgehead atoms. The van der Waals surface area contributed by atoms with Gasteiger partial charge in [-0.1, -0.05) is 72.8 Å². The third kappa shape index (κ3) is 9.98. The fraction of sp³-hybridized carbons (Fsp3) is 0.300. The van der Waals surface area contributed by atoms with Crippen LogP contribution in [-0.4, -0.2) is 48.4 Å². The number of carbonyl (C=O) groups excluding carboxylic acids is 3. The molecule has 0 unspecified atom stereocenters. The quantitative estimate of drug-likeness (QED) is 0.170. The molecule has 3 aromatic rings. The predicted molar refractivity (Wildman–Crippen MR) is 148 cm³/mol. The van der Waals surface area contributed by atoms with Crippen molar-refractivity contribution in [3.8, 4) is 5.75 Å². The van der Waals surface area contributed by atoms with Crippen LogP contribution >= 0.6 is 11.6 Å². The molecule has 0 heterocycles. The van der Waals surface area contributed by atoms with E-state index in [4.69, 9.17) is 25.8 Å². The molecule has 0 aromatic heterocycles. The van der Waals surface area contributed by atoms with E-state index in [2.05, 4.69) is 5.32 Å². The van der Waals surface area contributed by atoms with Crippen LogP contribution in [0.3, 0.4) is 0 Å². The van der Waals surface area contributed by atoms with Crippen LogP contribution in [-0.2, 0) is 38.8 Å². The van der Waals surface area contributed by atoms with Crippen LogP contribution in [0.5, 0.6) is 5.75 Å². The second kappa shape index (κ2) is 16.0. The van der Waals surface area contributed by atoms with Crippen molar-refractivity contribution in [2.45, 2.75) is 38.6 Å². The van der Waals surface area contributed by atoms with Gasteiger partial charge in [0.1, 0.15) is 30.9 Å². The van der Waals surface area contributed by atoms with E-state index in [1.165, 1.54) is 4.90 Å². The number of halogens is 1. The summed E-state index contributed by atoms with van der Waals surface area (Å²) < 4.78 is 16.0. The molecule has 8 nitrogen and oxygen atoms in total. The fourth-order valence-corrected chi connectivity index (χ4v) is 4.02. The van der Waals surface area contributed by atoms with Crippen LogP contribution in [0.2, 0.25) is 0 Å². The number of ether oxygens (including phenoxy) is 3. The summed E-state index contributed by atoms with van der Waals surface area (Å²) in [4.78, 5) is 39.7. The van der Waals surface area contributed by atoms with E-state index in [1.54, 1.807) is 19.2 Å². The summed E-state index contributed by atoms with van der Waals surface area (Å²) in [6, 6.07) is 25.0. The summed E-state index contributed by atoms with van der Waals surface area (Å²) in [5, 5.41) is 2.69. The first-order valence-corrected chi connectivity index (χ1v) is 13.2. The predicted octanol–water partition coefficient (Wildman–Crippen LogP) is 5.08. The summed E-state index contributed by atoms with van der Waals surface area (Å²) in [6.45, 7) is 0.640. The zero-order chi connectivity index (χ0) is 27.9. The summed E-state index contributed by atoms with van der Waals surface area (Å²) in [7, 11) is 1.57. The first-order valence-electron chi connectivity index (χ1n) is 12.6. The van der Waals surface area contributed by atoms with Gasteiger partial charge in [0.25, 0.3) is 0 Å². The maximum absolute atomic E-state index is 13.3. The van der Waals surface area contributed by atoms with Crippen LogP contribution < -0.4 is 10.1 Å². The average Bonchev–Trinajstić information content (AvgIpc) is 2.99. The van der Waals surface area contributed by atoms with Crippen molar-refractivity contribution in [1.82, 2.24) is 10.2 Å². The van der Waals surface area contributed by atoms with Gasteiger partial charge in [-0.15, -0.1) is 11.6 Å². The van der Waals surface area contributed by atoms with Crippen LogP contribution in [0.25, 0.3) is 0 Å². The Bertz CT molecular complexity index is 1180. The minimum atomic E-state index is -0.899. The molecular weight excluding hydrogens is 520 g/mol. The normalized spacial score (nSPS) is 11.2. The molecule has 0 aliphatic heterocycles. The molecule has 3 aromatic carbocycles. The standard InChI is InChI=1S/C30H33ClN2O6/c1-37-26-16-14-23(15-17-26)20-33(28(34)19-31)27(29(35)38-21-24-9-4-2-5-10-24)13-8-18-32-30(36)39-22-25-11-6-3-7-12-25/h2-7,9-12,14-17,27H,8,13,18-22H2,1H3,(H,32,36)/t27-/m0/s1. The van der Waals surface area contributed by atoms with Gasteiger partial charge in [-0.25, -0.2) is 9.59 Å². The minimum absolute atomic E-state index is 0.0751. The highest BCUT2D eigenvalue weighted by Crippen LogP contribution is 2.19. The number of hydrogen-bond acceptors (Lipinski definition) is 6. The first-order chi connectivity index (χ1) is 19.0. The Balaban J connectivity index is 1.64. The second-order valence-corrected chi connectivity index (χ2v) is 9.01. The second-order valence-electron chi connectivity index (χ2n) is 8.74. The Morgan fingerprint density at radius 3 is 1.97 bits per heavy atom. The topological polar surface area (TPSA) is 94.2 Å². The lowest BCUT2D eigenvalue weighted by atomic mass is 10.1. The Morgan fingerprint density at radius 1 is 0.821 bits per heavy atom. The molecule has 1 atom stereocenters. The van der Waals surface area contributed by atoms with Gasteiger partial charge in [0.05, 0.1) is 7.11 Å². The zero-order valence-electron chi connectivity index (χ0n) is 21.9. The molecule has 0 spiro atoms. The van der Waals surface area contributed by atoms with Gasteiger partial charge in [0.2, 0.25) is 5.91 Å². The van der Waals surface area contributed by atoms with Gasteiger partial charge in [0, 0.05) is 13.1 Å². The maximum Gasteiger partial charge on any atom is 0.407 e. The molecular formula is C30H33ClN2O6. The van der Waals surface area contributed by atoms with E-state index >= 15 is 0 Å². The van der Waals surface area contributed by atoms with Gasteiger partial charge in [-0.2, -0.15) is 0 Å². The van der Waals surface area contributed by atoms with Crippen molar-refractivity contribution < 1.29 is 28.6 Å². The number of esters is 1. The van der Waals surface area contributed by atoms with Crippen LogP contribution in [0.4, 0.5) is 4.79 Å². The van der Waals surface area contributed by atoms with Crippen LogP contribution in [0, 0.1) is 0 Å². The summed E-state index contributed by atoms with van der Waals surface area (Å²) in [6.07, 6.45) is 0.0972.